The van der Waals surface area contributed by atoms with Crippen molar-refractivity contribution in [3.05, 3.63) is 65.2 Å². The highest BCUT2D eigenvalue weighted by Gasteiger charge is 2.14. The van der Waals surface area contributed by atoms with Crippen molar-refractivity contribution in [3.8, 4) is 0 Å². The SMILES string of the molecule is CCNC(=O)c1ccc(Cc2ccccc2N2CCNCC2)cc1. The normalized spacial score (nSPS) is 14.5. The van der Waals surface area contributed by atoms with E-state index in [1.54, 1.807) is 0 Å². The van der Waals surface area contributed by atoms with E-state index in [4.69, 9.17) is 0 Å². The van der Waals surface area contributed by atoms with Crippen molar-refractivity contribution in [1.82, 2.24) is 10.6 Å². The summed E-state index contributed by atoms with van der Waals surface area (Å²) >= 11 is 0. The van der Waals surface area contributed by atoms with Gasteiger partial charge in [0.15, 0.2) is 0 Å². The van der Waals surface area contributed by atoms with E-state index in [-0.39, 0.29) is 5.91 Å². The lowest BCUT2D eigenvalue weighted by Crippen LogP contribution is -2.43. The molecular formula is C20H25N3O. The molecule has 2 aromatic carbocycles. The second-order valence-electron chi connectivity index (χ2n) is 6.10. The smallest absolute Gasteiger partial charge is 0.251 e. The fraction of sp³-hybridized carbons (Fsp3) is 0.350. The fourth-order valence-electron chi connectivity index (χ4n) is 3.13. The zero-order valence-electron chi connectivity index (χ0n) is 14.2. The van der Waals surface area contributed by atoms with E-state index in [1.807, 2.05) is 19.1 Å². The molecule has 0 radical (unpaired) electrons. The molecule has 4 nitrogen and oxygen atoms in total. The van der Waals surface area contributed by atoms with Gasteiger partial charge in [-0.3, -0.25) is 4.79 Å². The van der Waals surface area contributed by atoms with Crippen molar-refractivity contribution < 1.29 is 4.79 Å². The summed E-state index contributed by atoms with van der Waals surface area (Å²) in [4.78, 5) is 14.3. The molecule has 4 heteroatoms. The molecule has 0 saturated carbocycles. The summed E-state index contributed by atoms with van der Waals surface area (Å²) in [6.07, 6.45) is 0.885. The van der Waals surface area contributed by atoms with Crippen molar-refractivity contribution in [2.45, 2.75) is 13.3 Å². The highest BCUT2D eigenvalue weighted by molar-refractivity contribution is 5.94. The summed E-state index contributed by atoms with van der Waals surface area (Å²) in [6.45, 7) is 6.75. The van der Waals surface area contributed by atoms with Crippen molar-refractivity contribution in [2.24, 2.45) is 0 Å². The first-order chi connectivity index (χ1) is 11.8. The molecule has 0 aromatic heterocycles. The van der Waals surface area contributed by atoms with E-state index < -0.39 is 0 Å². The molecule has 24 heavy (non-hydrogen) atoms. The minimum atomic E-state index is -0.00901. The number of carbonyl (C=O) groups is 1. The first kappa shape index (κ1) is 16.5. The predicted octanol–water partition coefficient (Wildman–Crippen LogP) is 2.44. The fourth-order valence-corrected chi connectivity index (χ4v) is 3.13. The summed E-state index contributed by atoms with van der Waals surface area (Å²) in [5, 5.41) is 6.23. The minimum absolute atomic E-state index is 0.00901. The second-order valence-corrected chi connectivity index (χ2v) is 6.10. The summed E-state index contributed by atoms with van der Waals surface area (Å²) in [6, 6.07) is 16.6. The Kier molecular flexibility index (Phi) is 5.49. The quantitative estimate of drug-likeness (QED) is 0.888. The Morgan fingerprint density at radius 3 is 2.50 bits per heavy atom. The van der Waals surface area contributed by atoms with Crippen LogP contribution in [-0.2, 0) is 6.42 Å². The van der Waals surface area contributed by atoms with Crippen molar-refractivity contribution in [2.75, 3.05) is 37.6 Å². The van der Waals surface area contributed by atoms with Crippen LogP contribution in [0.15, 0.2) is 48.5 Å². The molecule has 0 bridgehead atoms. The predicted molar refractivity (Wildman–Crippen MR) is 98.8 cm³/mol. The van der Waals surface area contributed by atoms with E-state index in [1.165, 1.54) is 16.8 Å². The van der Waals surface area contributed by atoms with E-state index in [2.05, 4.69) is 51.9 Å². The summed E-state index contributed by atoms with van der Waals surface area (Å²) < 4.78 is 0. The Hall–Kier alpha value is -2.33. The Morgan fingerprint density at radius 2 is 1.79 bits per heavy atom. The number of amides is 1. The van der Waals surface area contributed by atoms with E-state index in [9.17, 15) is 4.79 Å². The topological polar surface area (TPSA) is 44.4 Å². The maximum Gasteiger partial charge on any atom is 0.251 e. The first-order valence-electron chi connectivity index (χ1n) is 8.68. The largest absolute Gasteiger partial charge is 0.369 e. The molecule has 1 fully saturated rings. The summed E-state index contributed by atoms with van der Waals surface area (Å²) in [5.41, 5.74) is 4.61. The average Bonchev–Trinajstić information content (AvgIpc) is 2.64. The Bertz CT molecular complexity index is 676. The molecule has 3 rings (SSSR count). The molecule has 2 N–H and O–H groups in total. The molecule has 1 aliphatic heterocycles. The maximum atomic E-state index is 11.9. The van der Waals surface area contributed by atoms with Gasteiger partial charge < -0.3 is 15.5 Å². The van der Waals surface area contributed by atoms with Gasteiger partial charge in [0.1, 0.15) is 0 Å². The number of hydrogen-bond acceptors (Lipinski definition) is 3. The number of hydrogen-bond donors (Lipinski definition) is 2. The molecule has 0 atom stereocenters. The van der Waals surface area contributed by atoms with Crippen LogP contribution in [0.3, 0.4) is 0 Å². The lowest BCUT2D eigenvalue weighted by molar-refractivity contribution is 0.0956. The summed E-state index contributed by atoms with van der Waals surface area (Å²) in [5.74, 6) is -0.00901. The second kappa shape index (κ2) is 7.97. The molecule has 1 amide bonds. The molecule has 1 saturated heterocycles. The summed E-state index contributed by atoms with van der Waals surface area (Å²) in [7, 11) is 0. The number of rotatable bonds is 5. The third-order valence-corrected chi connectivity index (χ3v) is 4.40. The van der Waals surface area contributed by atoms with E-state index >= 15 is 0 Å². The van der Waals surface area contributed by atoms with E-state index in [0.29, 0.717) is 6.54 Å². The number of para-hydroxylation sites is 1. The zero-order chi connectivity index (χ0) is 16.8. The van der Waals surface area contributed by atoms with Gasteiger partial charge in [0.2, 0.25) is 0 Å². The molecular weight excluding hydrogens is 298 g/mol. The maximum absolute atomic E-state index is 11.9. The standard InChI is InChI=1S/C20H25N3O/c1-2-22-20(24)17-9-7-16(8-10-17)15-18-5-3-4-6-19(18)23-13-11-21-12-14-23/h3-10,21H,2,11-15H2,1H3,(H,22,24). The number of benzene rings is 2. The van der Waals surface area contributed by atoms with Crippen LogP contribution in [0.4, 0.5) is 5.69 Å². The number of nitrogens with zero attached hydrogens (tertiary/aromatic N) is 1. The number of nitrogens with one attached hydrogen (secondary N) is 2. The van der Waals surface area contributed by atoms with Gasteiger partial charge in [0.05, 0.1) is 0 Å². The van der Waals surface area contributed by atoms with E-state index in [0.717, 1.165) is 38.2 Å². The molecule has 126 valence electrons. The average molecular weight is 323 g/mol. The molecule has 0 unspecified atom stereocenters. The molecule has 1 aliphatic rings. The van der Waals surface area contributed by atoms with Gasteiger partial charge in [-0.1, -0.05) is 30.3 Å². The van der Waals surface area contributed by atoms with Crippen LogP contribution in [0.2, 0.25) is 0 Å². The van der Waals surface area contributed by atoms with Gasteiger partial charge in [0.25, 0.3) is 5.91 Å². The highest BCUT2D eigenvalue weighted by Crippen LogP contribution is 2.23. The van der Waals surface area contributed by atoms with Crippen LogP contribution in [0, 0.1) is 0 Å². The van der Waals surface area contributed by atoms with Crippen LogP contribution in [0.25, 0.3) is 0 Å². The van der Waals surface area contributed by atoms with Gasteiger partial charge >= 0.3 is 0 Å². The van der Waals surface area contributed by atoms with Gasteiger partial charge in [-0.25, -0.2) is 0 Å². The molecule has 2 aromatic rings. The van der Waals surface area contributed by atoms with Crippen molar-refractivity contribution in [1.29, 1.82) is 0 Å². The Morgan fingerprint density at radius 1 is 1.08 bits per heavy atom. The monoisotopic (exact) mass is 323 g/mol. The number of anilines is 1. The lowest BCUT2D eigenvalue weighted by atomic mass is 10.0. The first-order valence-corrected chi connectivity index (χ1v) is 8.68. The van der Waals surface area contributed by atoms with Crippen LogP contribution in [0.5, 0.6) is 0 Å². The Labute approximate surface area is 143 Å². The number of carbonyl (C=O) groups excluding carboxylic acids is 1. The third kappa shape index (κ3) is 3.95. The van der Waals surface area contributed by atoms with Crippen LogP contribution in [0.1, 0.15) is 28.4 Å². The zero-order valence-corrected chi connectivity index (χ0v) is 14.2. The minimum Gasteiger partial charge on any atom is -0.369 e. The number of piperazine rings is 1. The van der Waals surface area contributed by atoms with Crippen molar-refractivity contribution in [3.63, 3.8) is 0 Å². The van der Waals surface area contributed by atoms with Gasteiger partial charge in [-0.05, 0) is 42.7 Å². The molecule has 0 spiro atoms. The molecule has 0 aliphatic carbocycles. The lowest BCUT2D eigenvalue weighted by Gasteiger charge is -2.31. The highest BCUT2D eigenvalue weighted by atomic mass is 16.1. The van der Waals surface area contributed by atoms with Crippen molar-refractivity contribution >= 4 is 11.6 Å². The molecule has 1 heterocycles. The van der Waals surface area contributed by atoms with Gasteiger partial charge in [-0.2, -0.15) is 0 Å². The van der Waals surface area contributed by atoms with Crippen LogP contribution >= 0.6 is 0 Å². The third-order valence-electron chi connectivity index (χ3n) is 4.40. The Balaban J connectivity index is 1.75. The van der Waals surface area contributed by atoms with Crippen LogP contribution < -0.4 is 15.5 Å². The van der Waals surface area contributed by atoms with Crippen LogP contribution in [-0.4, -0.2) is 38.6 Å². The van der Waals surface area contributed by atoms with Gasteiger partial charge in [-0.15, -0.1) is 0 Å². The van der Waals surface area contributed by atoms with Gasteiger partial charge in [0, 0.05) is 44.0 Å².